The Morgan fingerprint density at radius 1 is 1.17 bits per heavy atom. The minimum atomic E-state index is -0.675. The maximum Gasteiger partial charge on any atom is 0.251 e. The van der Waals surface area contributed by atoms with Crippen LogP contribution in [0.15, 0.2) is 42.5 Å². The highest BCUT2D eigenvalue weighted by atomic mass is 16.5. The zero-order valence-electron chi connectivity index (χ0n) is 14.4. The molecule has 0 bridgehead atoms. The molecule has 0 radical (unpaired) electrons. The zero-order chi connectivity index (χ0) is 17.3. The number of rotatable bonds is 3. The molecule has 0 fully saturated rings. The van der Waals surface area contributed by atoms with Crippen LogP contribution in [0.5, 0.6) is 5.75 Å². The predicted molar refractivity (Wildman–Crippen MR) is 92.1 cm³/mol. The van der Waals surface area contributed by atoms with Crippen LogP contribution in [0.25, 0.3) is 0 Å². The van der Waals surface area contributed by atoms with Crippen LogP contribution < -0.4 is 4.74 Å². The highest BCUT2D eigenvalue weighted by molar-refractivity contribution is 5.81. The largest absolute Gasteiger partial charge is 0.489 e. The van der Waals surface area contributed by atoms with Gasteiger partial charge in [-0.3, -0.25) is 10.0 Å². The summed E-state index contributed by atoms with van der Waals surface area (Å²) in [5.41, 5.74) is 4.02. The lowest BCUT2D eigenvalue weighted by Crippen LogP contribution is -2.37. The number of carbonyl (C=O) groups excluding carboxylic acids is 1. The summed E-state index contributed by atoms with van der Waals surface area (Å²) in [7, 11) is 1.36. The van der Waals surface area contributed by atoms with Crippen LogP contribution in [0.1, 0.15) is 36.1 Å². The molecule has 0 atom stereocenters. The maximum atomic E-state index is 12.1. The third-order valence-corrected chi connectivity index (χ3v) is 4.53. The molecule has 4 nitrogen and oxygen atoms in total. The van der Waals surface area contributed by atoms with Crippen LogP contribution in [0.2, 0.25) is 0 Å². The molecule has 0 aromatic heterocycles. The van der Waals surface area contributed by atoms with Crippen molar-refractivity contribution in [2.45, 2.75) is 33.3 Å². The lowest BCUT2D eigenvalue weighted by molar-refractivity contribution is -0.169. The second kappa shape index (κ2) is 6.29. The summed E-state index contributed by atoms with van der Waals surface area (Å²) in [4.78, 5) is 12.1. The first kappa shape index (κ1) is 16.5. The van der Waals surface area contributed by atoms with Gasteiger partial charge in [-0.2, -0.15) is 0 Å². The molecule has 2 aromatic rings. The molecule has 1 heterocycles. The van der Waals surface area contributed by atoms with E-state index in [0.717, 1.165) is 23.3 Å². The molecule has 2 aromatic carbocycles. The van der Waals surface area contributed by atoms with Crippen molar-refractivity contribution < 1.29 is 14.7 Å². The Balaban J connectivity index is 1.84. The molecule has 24 heavy (non-hydrogen) atoms. The predicted octanol–water partition coefficient (Wildman–Crippen LogP) is 3.59. The number of carbonyl (C=O) groups is 1. The van der Waals surface area contributed by atoms with Gasteiger partial charge in [-0.1, -0.05) is 50.2 Å². The summed E-state index contributed by atoms with van der Waals surface area (Å²) >= 11 is 0. The van der Waals surface area contributed by atoms with Gasteiger partial charge in [0.05, 0.1) is 0 Å². The number of hydrogen-bond donors (Lipinski definition) is 1. The SMILES string of the molecule is CN(O)C(=O)C(C)(C)Cc1ccc2c(c1)OCc1ccccc1C2. The third-order valence-electron chi connectivity index (χ3n) is 4.53. The normalized spacial score (nSPS) is 13.3. The Morgan fingerprint density at radius 3 is 2.58 bits per heavy atom. The van der Waals surface area contributed by atoms with Gasteiger partial charge in [0.1, 0.15) is 12.4 Å². The van der Waals surface area contributed by atoms with E-state index >= 15 is 0 Å². The Kier molecular flexibility index (Phi) is 4.33. The van der Waals surface area contributed by atoms with Crippen molar-refractivity contribution >= 4 is 5.91 Å². The van der Waals surface area contributed by atoms with Gasteiger partial charge in [-0.25, -0.2) is 5.06 Å². The van der Waals surface area contributed by atoms with Crippen LogP contribution >= 0.6 is 0 Å². The highest BCUT2D eigenvalue weighted by Gasteiger charge is 2.30. The summed E-state index contributed by atoms with van der Waals surface area (Å²) in [5.74, 6) is 0.579. The molecule has 0 saturated carbocycles. The van der Waals surface area contributed by atoms with E-state index in [1.54, 1.807) is 0 Å². The van der Waals surface area contributed by atoms with E-state index in [1.165, 1.54) is 18.2 Å². The molecule has 0 saturated heterocycles. The molecule has 126 valence electrons. The summed E-state index contributed by atoms with van der Waals surface area (Å²) in [6, 6.07) is 14.5. The maximum absolute atomic E-state index is 12.1. The fraction of sp³-hybridized carbons (Fsp3) is 0.350. The van der Waals surface area contributed by atoms with Gasteiger partial charge in [-0.05, 0) is 34.7 Å². The van der Waals surface area contributed by atoms with Crippen molar-refractivity contribution in [3.05, 3.63) is 64.7 Å². The van der Waals surface area contributed by atoms with Gasteiger partial charge in [0.2, 0.25) is 0 Å². The first-order valence-electron chi connectivity index (χ1n) is 8.15. The van der Waals surface area contributed by atoms with E-state index in [2.05, 4.69) is 24.3 Å². The average molecular weight is 325 g/mol. The topological polar surface area (TPSA) is 49.8 Å². The number of benzene rings is 2. The fourth-order valence-corrected chi connectivity index (χ4v) is 3.24. The molecular formula is C20H23NO3. The van der Waals surface area contributed by atoms with Crippen molar-refractivity contribution in [3.8, 4) is 5.75 Å². The van der Waals surface area contributed by atoms with Crippen LogP contribution in [-0.2, 0) is 24.2 Å². The molecule has 1 aliphatic rings. The van der Waals surface area contributed by atoms with E-state index in [-0.39, 0.29) is 5.91 Å². The van der Waals surface area contributed by atoms with Crippen molar-refractivity contribution in [2.75, 3.05) is 7.05 Å². The summed E-state index contributed by atoms with van der Waals surface area (Å²) in [5, 5.41) is 10.1. The Hall–Kier alpha value is -2.33. The first-order valence-corrected chi connectivity index (χ1v) is 8.15. The Morgan fingerprint density at radius 2 is 1.88 bits per heavy atom. The van der Waals surface area contributed by atoms with Gasteiger partial charge in [0, 0.05) is 18.9 Å². The Bertz CT molecular complexity index is 765. The van der Waals surface area contributed by atoms with E-state index in [4.69, 9.17) is 4.74 Å². The first-order chi connectivity index (χ1) is 11.4. The number of nitrogens with zero attached hydrogens (tertiary/aromatic N) is 1. The van der Waals surface area contributed by atoms with Gasteiger partial charge in [0.25, 0.3) is 5.91 Å². The lowest BCUT2D eigenvalue weighted by Gasteiger charge is -2.26. The molecule has 3 rings (SSSR count). The van der Waals surface area contributed by atoms with Crippen molar-refractivity contribution in [2.24, 2.45) is 5.41 Å². The molecule has 1 aliphatic heterocycles. The number of amides is 1. The van der Waals surface area contributed by atoms with Crippen LogP contribution in [0.4, 0.5) is 0 Å². The quantitative estimate of drug-likeness (QED) is 0.693. The molecule has 0 spiro atoms. The smallest absolute Gasteiger partial charge is 0.251 e. The minimum Gasteiger partial charge on any atom is -0.489 e. The van der Waals surface area contributed by atoms with E-state index < -0.39 is 5.41 Å². The number of fused-ring (bicyclic) bond motifs is 2. The number of ether oxygens (including phenoxy) is 1. The standard InChI is InChI=1S/C20H23NO3/c1-20(2,19(22)21(3)23)12-14-8-9-16-11-15-6-4-5-7-17(15)13-24-18(16)10-14/h4-10,23H,11-13H2,1-3H3. The second-order valence-electron chi connectivity index (χ2n) is 7.07. The summed E-state index contributed by atoms with van der Waals surface area (Å²) < 4.78 is 5.99. The van der Waals surface area contributed by atoms with Crippen LogP contribution in [0.3, 0.4) is 0 Å². The van der Waals surface area contributed by atoms with E-state index in [9.17, 15) is 10.0 Å². The van der Waals surface area contributed by atoms with Crippen molar-refractivity contribution in [3.63, 3.8) is 0 Å². The number of hydrogen-bond acceptors (Lipinski definition) is 3. The number of hydroxylamine groups is 2. The van der Waals surface area contributed by atoms with Gasteiger partial charge in [-0.15, -0.1) is 0 Å². The Labute approximate surface area is 142 Å². The minimum absolute atomic E-state index is 0.300. The molecular weight excluding hydrogens is 302 g/mol. The molecule has 0 unspecified atom stereocenters. The average Bonchev–Trinajstić information content (AvgIpc) is 2.72. The summed E-state index contributed by atoms with van der Waals surface area (Å²) in [6.07, 6.45) is 1.40. The van der Waals surface area contributed by atoms with Crippen LogP contribution in [0, 0.1) is 5.41 Å². The van der Waals surface area contributed by atoms with E-state index in [0.29, 0.717) is 18.1 Å². The van der Waals surface area contributed by atoms with Crippen molar-refractivity contribution in [1.82, 2.24) is 5.06 Å². The van der Waals surface area contributed by atoms with Crippen LogP contribution in [-0.4, -0.2) is 23.2 Å². The zero-order valence-corrected chi connectivity index (χ0v) is 14.4. The molecule has 0 aliphatic carbocycles. The molecule has 4 heteroatoms. The van der Waals surface area contributed by atoms with Crippen molar-refractivity contribution in [1.29, 1.82) is 0 Å². The van der Waals surface area contributed by atoms with Gasteiger partial charge < -0.3 is 4.74 Å². The summed E-state index contributed by atoms with van der Waals surface area (Å²) in [6.45, 7) is 4.24. The van der Waals surface area contributed by atoms with Gasteiger partial charge in [0.15, 0.2) is 0 Å². The monoisotopic (exact) mass is 325 g/mol. The molecule has 1 N–H and O–H groups in total. The van der Waals surface area contributed by atoms with Gasteiger partial charge >= 0.3 is 0 Å². The van der Waals surface area contributed by atoms with E-state index in [1.807, 2.05) is 32.0 Å². The third kappa shape index (κ3) is 3.29. The fourth-order valence-electron chi connectivity index (χ4n) is 3.24. The lowest BCUT2D eigenvalue weighted by atomic mass is 9.84. The second-order valence-corrected chi connectivity index (χ2v) is 7.07. The molecule has 1 amide bonds. The highest BCUT2D eigenvalue weighted by Crippen LogP contribution is 2.32.